The Kier molecular flexibility index (Phi) is 5.06. The molecule has 6 heteroatoms. The van der Waals surface area contributed by atoms with Crippen LogP contribution in [0.4, 0.5) is 0 Å². The number of aryl methyl sites for hydroxylation is 2. The van der Waals surface area contributed by atoms with Crippen LogP contribution in [-0.4, -0.2) is 44.5 Å². The Morgan fingerprint density at radius 1 is 1.25 bits per heavy atom. The summed E-state index contributed by atoms with van der Waals surface area (Å²) in [7, 11) is 0. The van der Waals surface area contributed by atoms with Gasteiger partial charge in [0.05, 0.1) is 5.52 Å². The molecule has 3 aromatic rings. The van der Waals surface area contributed by atoms with Gasteiger partial charge in [0, 0.05) is 42.3 Å². The number of benzene rings is 1. The van der Waals surface area contributed by atoms with Crippen molar-refractivity contribution in [2.75, 3.05) is 13.1 Å². The zero-order valence-corrected chi connectivity index (χ0v) is 17.0. The summed E-state index contributed by atoms with van der Waals surface area (Å²) in [6, 6.07) is 8.28. The number of rotatable bonds is 4. The maximum absolute atomic E-state index is 12.7. The zero-order valence-electron chi connectivity index (χ0n) is 17.0. The molecule has 1 aliphatic heterocycles. The summed E-state index contributed by atoms with van der Waals surface area (Å²) in [5.41, 5.74) is 11.0. The van der Waals surface area contributed by atoms with Crippen LogP contribution in [0.5, 0.6) is 0 Å². The van der Waals surface area contributed by atoms with E-state index in [1.165, 1.54) is 0 Å². The molecule has 2 N–H and O–H groups in total. The molecule has 3 heterocycles. The molecular formula is C22H29N5O. The largest absolute Gasteiger partial charge is 0.343 e. The van der Waals surface area contributed by atoms with Crippen LogP contribution in [0.25, 0.3) is 16.6 Å². The van der Waals surface area contributed by atoms with Crippen molar-refractivity contribution in [3.63, 3.8) is 0 Å². The molecule has 0 bridgehead atoms. The number of carbonyl (C=O) groups excluding carboxylic acids is 1. The van der Waals surface area contributed by atoms with Gasteiger partial charge in [0.15, 0.2) is 5.65 Å². The lowest BCUT2D eigenvalue weighted by molar-refractivity contribution is -0.132. The van der Waals surface area contributed by atoms with Crippen molar-refractivity contribution in [1.82, 2.24) is 19.5 Å². The fraction of sp³-hybridized carbons (Fsp3) is 0.500. The molecule has 0 radical (unpaired) electrons. The third-order valence-corrected chi connectivity index (χ3v) is 6.24. The number of likely N-dealkylation sites (tertiary alicyclic amines) is 1. The Morgan fingerprint density at radius 3 is 2.68 bits per heavy atom. The quantitative estimate of drug-likeness (QED) is 0.756. The number of hydrogen-bond acceptors (Lipinski definition) is 4. The van der Waals surface area contributed by atoms with Gasteiger partial charge in [0.2, 0.25) is 5.91 Å². The van der Waals surface area contributed by atoms with E-state index in [1.807, 2.05) is 34.5 Å². The number of carbonyl (C=O) groups is 1. The van der Waals surface area contributed by atoms with Crippen molar-refractivity contribution in [2.24, 2.45) is 11.7 Å². The molecule has 148 valence electrons. The van der Waals surface area contributed by atoms with E-state index in [4.69, 9.17) is 15.8 Å². The average Bonchev–Trinajstić information content (AvgIpc) is 3.06. The number of amides is 1. The molecular weight excluding hydrogens is 350 g/mol. The first-order valence-electron chi connectivity index (χ1n) is 10.2. The summed E-state index contributed by atoms with van der Waals surface area (Å²) in [6.07, 6.45) is 3.23. The molecule has 4 rings (SSSR count). The lowest BCUT2D eigenvalue weighted by Gasteiger charge is -2.33. The van der Waals surface area contributed by atoms with Crippen molar-refractivity contribution < 1.29 is 4.79 Å². The molecule has 1 fully saturated rings. The summed E-state index contributed by atoms with van der Waals surface area (Å²) in [5, 5.41) is 5.77. The summed E-state index contributed by atoms with van der Waals surface area (Å²) in [4.78, 5) is 19.5. The Bertz CT molecular complexity index is 1010. The fourth-order valence-electron chi connectivity index (χ4n) is 4.40. The Labute approximate surface area is 165 Å². The van der Waals surface area contributed by atoms with E-state index in [0.717, 1.165) is 59.4 Å². The van der Waals surface area contributed by atoms with Crippen LogP contribution in [0.15, 0.2) is 24.3 Å². The molecule has 0 aliphatic carbocycles. The number of fused-ring (bicyclic) bond motifs is 3. The third-order valence-electron chi connectivity index (χ3n) is 6.24. The van der Waals surface area contributed by atoms with Gasteiger partial charge in [-0.1, -0.05) is 12.1 Å². The monoisotopic (exact) mass is 379 g/mol. The average molecular weight is 380 g/mol. The minimum Gasteiger partial charge on any atom is -0.343 e. The fourth-order valence-corrected chi connectivity index (χ4v) is 4.40. The molecule has 2 aromatic heterocycles. The lowest BCUT2D eigenvalue weighted by Crippen LogP contribution is -2.42. The van der Waals surface area contributed by atoms with Crippen LogP contribution < -0.4 is 5.73 Å². The standard InChI is InChI=1S/C22H29N5O/c1-14(23)17-10-12-26(13-11-17)21(28)9-8-18-15(2)24-22-19-6-4-5-7-20(19)25-27(22)16(18)3/h4-7,14,17H,8-13,23H2,1-3H3. The van der Waals surface area contributed by atoms with E-state index >= 15 is 0 Å². The van der Waals surface area contributed by atoms with Crippen LogP contribution in [0, 0.1) is 19.8 Å². The van der Waals surface area contributed by atoms with Crippen molar-refractivity contribution in [1.29, 1.82) is 0 Å². The second kappa shape index (κ2) is 7.51. The predicted octanol–water partition coefficient (Wildman–Crippen LogP) is 3.02. The molecule has 1 aliphatic rings. The summed E-state index contributed by atoms with van der Waals surface area (Å²) < 4.78 is 1.92. The van der Waals surface area contributed by atoms with E-state index in [-0.39, 0.29) is 11.9 Å². The molecule has 1 aromatic carbocycles. The van der Waals surface area contributed by atoms with Crippen molar-refractivity contribution in [3.05, 3.63) is 41.2 Å². The highest BCUT2D eigenvalue weighted by molar-refractivity contribution is 5.92. The van der Waals surface area contributed by atoms with E-state index in [1.54, 1.807) is 0 Å². The second-order valence-electron chi connectivity index (χ2n) is 8.09. The number of aromatic nitrogens is 3. The van der Waals surface area contributed by atoms with Gasteiger partial charge in [0.25, 0.3) is 0 Å². The van der Waals surface area contributed by atoms with Crippen LogP contribution in [-0.2, 0) is 11.2 Å². The molecule has 1 unspecified atom stereocenters. The van der Waals surface area contributed by atoms with E-state index in [9.17, 15) is 4.79 Å². The lowest BCUT2D eigenvalue weighted by atomic mass is 9.91. The van der Waals surface area contributed by atoms with Crippen LogP contribution in [0.1, 0.15) is 43.1 Å². The predicted molar refractivity (Wildman–Crippen MR) is 111 cm³/mol. The SMILES string of the molecule is Cc1nc2c3ccccc3nn2c(C)c1CCC(=O)N1CCC(C(C)N)CC1. The molecule has 0 saturated carbocycles. The highest BCUT2D eigenvalue weighted by Crippen LogP contribution is 2.24. The van der Waals surface area contributed by atoms with Gasteiger partial charge >= 0.3 is 0 Å². The summed E-state index contributed by atoms with van der Waals surface area (Å²) >= 11 is 0. The highest BCUT2D eigenvalue weighted by Gasteiger charge is 2.25. The van der Waals surface area contributed by atoms with E-state index < -0.39 is 0 Å². The van der Waals surface area contributed by atoms with Crippen LogP contribution in [0.3, 0.4) is 0 Å². The second-order valence-corrected chi connectivity index (χ2v) is 8.09. The molecule has 1 amide bonds. The Balaban J connectivity index is 1.50. The van der Waals surface area contributed by atoms with Gasteiger partial charge < -0.3 is 10.6 Å². The highest BCUT2D eigenvalue weighted by atomic mass is 16.2. The molecule has 6 nitrogen and oxygen atoms in total. The molecule has 0 spiro atoms. The smallest absolute Gasteiger partial charge is 0.222 e. The maximum atomic E-state index is 12.7. The first-order chi connectivity index (χ1) is 13.5. The first-order valence-corrected chi connectivity index (χ1v) is 10.2. The normalized spacial score (nSPS) is 16.8. The number of nitrogens with zero attached hydrogens (tertiary/aromatic N) is 4. The van der Waals surface area contributed by atoms with Crippen LogP contribution in [0.2, 0.25) is 0 Å². The van der Waals surface area contributed by atoms with E-state index in [2.05, 4.69) is 19.9 Å². The molecule has 1 saturated heterocycles. The van der Waals surface area contributed by atoms with Gasteiger partial charge in [0.1, 0.15) is 0 Å². The molecule has 1 atom stereocenters. The van der Waals surface area contributed by atoms with Crippen molar-refractivity contribution >= 4 is 22.5 Å². The Hall–Kier alpha value is -2.47. The maximum Gasteiger partial charge on any atom is 0.222 e. The third kappa shape index (κ3) is 3.37. The van der Waals surface area contributed by atoms with Crippen molar-refractivity contribution in [3.8, 4) is 0 Å². The number of nitrogens with two attached hydrogens (primary N) is 1. The van der Waals surface area contributed by atoms with Gasteiger partial charge in [-0.3, -0.25) is 4.79 Å². The minimum absolute atomic E-state index is 0.213. The van der Waals surface area contributed by atoms with Gasteiger partial charge in [-0.15, -0.1) is 0 Å². The van der Waals surface area contributed by atoms with Gasteiger partial charge in [-0.2, -0.15) is 5.10 Å². The van der Waals surface area contributed by atoms with Crippen LogP contribution >= 0.6 is 0 Å². The minimum atomic E-state index is 0.213. The van der Waals surface area contributed by atoms with Crippen molar-refractivity contribution in [2.45, 2.75) is 52.5 Å². The first kappa shape index (κ1) is 18.9. The Morgan fingerprint density at radius 2 is 1.96 bits per heavy atom. The van der Waals surface area contributed by atoms with E-state index in [0.29, 0.717) is 18.8 Å². The van der Waals surface area contributed by atoms with Gasteiger partial charge in [-0.05, 0) is 63.6 Å². The summed E-state index contributed by atoms with van der Waals surface area (Å²) in [6.45, 7) is 7.81. The number of piperidine rings is 1. The zero-order chi connectivity index (χ0) is 19.8. The summed E-state index contributed by atoms with van der Waals surface area (Å²) in [5.74, 6) is 0.766. The number of hydrogen-bond donors (Lipinski definition) is 1. The van der Waals surface area contributed by atoms with Gasteiger partial charge in [-0.25, -0.2) is 9.50 Å². The topological polar surface area (TPSA) is 76.5 Å². The molecule has 28 heavy (non-hydrogen) atoms.